The highest BCUT2D eigenvalue weighted by Gasteiger charge is 2.45. The fraction of sp³-hybridized carbons (Fsp3) is 0.467. The van der Waals surface area contributed by atoms with Crippen LogP contribution in [0, 0.1) is 0 Å². The molecule has 1 heterocycles. The molecule has 0 bridgehead atoms. The van der Waals surface area contributed by atoms with Gasteiger partial charge in [0.25, 0.3) is 0 Å². The highest BCUT2D eigenvalue weighted by Crippen LogP contribution is 2.36. The van der Waals surface area contributed by atoms with E-state index >= 15 is 0 Å². The predicted molar refractivity (Wildman–Crippen MR) is 117 cm³/mol. The topological polar surface area (TPSA) is 135 Å². The molecular weight excluding hydrogens is 481 g/mol. The molecule has 0 aromatic heterocycles. The molecule has 29 heavy (non-hydrogen) atoms. The van der Waals surface area contributed by atoms with Gasteiger partial charge in [-0.15, -0.1) is 0 Å². The third-order valence-electron chi connectivity index (χ3n) is 4.07. The van der Waals surface area contributed by atoms with Crippen LogP contribution < -0.4 is 4.90 Å². The van der Waals surface area contributed by atoms with Gasteiger partial charge in [0.15, 0.2) is 34.9 Å². The molecule has 0 spiro atoms. The number of rotatable bonds is 6. The van der Waals surface area contributed by atoms with Crippen LogP contribution in [0.15, 0.2) is 34.2 Å². The monoisotopic (exact) mass is 499 g/mol. The Bertz CT molecular complexity index is 1160. The van der Waals surface area contributed by atoms with E-state index in [0.717, 1.165) is 35.4 Å². The Hall–Kier alpha value is -1.22. The van der Waals surface area contributed by atoms with Crippen molar-refractivity contribution in [2.24, 2.45) is 4.99 Å². The second-order valence-corrected chi connectivity index (χ2v) is 14.7. The van der Waals surface area contributed by atoms with Gasteiger partial charge in [-0.2, -0.15) is 0 Å². The van der Waals surface area contributed by atoms with E-state index in [-0.39, 0.29) is 15.6 Å². The van der Waals surface area contributed by atoms with E-state index < -0.39 is 50.7 Å². The molecule has 1 aromatic rings. The fourth-order valence-electron chi connectivity index (χ4n) is 2.65. The van der Waals surface area contributed by atoms with Crippen molar-refractivity contribution >= 4 is 69.9 Å². The van der Waals surface area contributed by atoms with E-state index in [1.807, 2.05) is 0 Å². The summed E-state index contributed by atoms with van der Waals surface area (Å²) >= 11 is 5.53. The summed E-state index contributed by atoms with van der Waals surface area (Å²) in [6.45, 7) is 1.53. The van der Waals surface area contributed by atoms with Gasteiger partial charge in [-0.3, -0.25) is 4.99 Å². The number of hydrogen-bond donors (Lipinski definition) is 0. The van der Waals surface area contributed by atoms with Crippen LogP contribution in [0.4, 0.5) is 10.5 Å². The summed E-state index contributed by atoms with van der Waals surface area (Å²) in [5.74, 6) is 0. The summed E-state index contributed by atoms with van der Waals surface area (Å²) in [5, 5.41) is -2.18. The van der Waals surface area contributed by atoms with E-state index in [1.165, 1.54) is 31.2 Å². The molecule has 1 amide bonds. The van der Waals surface area contributed by atoms with Gasteiger partial charge in [-0.25, -0.2) is 25.3 Å². The molecule has 3 atom stereocenters. The highest BCUT2D eigenvalue weighted by molar-refractivity contribution is 8.24. The average Bonchev–Trinajstić information content (AvgIpc) is 3.00. The van der Waals surface area contributed by atoms with Gasteiger partial charge in [0, 0.05) is 24.5 Å². The third kappa shape index (κ3) is 5.48. The maximum absolute atomic E-state index is 12.1. The number of amides is 1. The van der Waals surface area contributed by atoms with Crippen LogP contribution in [-0.2, 0) is 42.1 Å². The number of nitrogens with zero attached hydrogens (tertiary/aromatic N) is 2. The third-order valence-corrected chi connectivity index (χ3v) is 10.6. The Kier molecular flexibility index (Phi) is 6.75. The summed E-state index contributed by atoms with van der Waals surface area (Å²) in [7, 11) is -11.0. The lowest BCUT2D eigenvalue weighted by molar-refractivity contribution is 0.265. The second-order valence-electron chi connectivity index (χ2n) is 6.58. The largest absolute Gasteiger partial charge is 0.719 e. The molecule has 9 nitrogen and oxygen atoms in total. The zero-order chi connectivity index (χ0) is 22.4. The molecule has 0 aliphatic carbocycles. The molecule has 1 aliphatic rings. The number of sulfone groups is 3. The van der Waals surface area contributed by atoms with E-state index in [2.05, 4.69) is 4.99 Å². The predicted octanol–water partition coefficient (Wildman–Crippen LogP) is 0.839. The molecule has 0 fully saturated rings. The smallest absolute Gasteiger partial charge is 0.178 e. The number of benzene rings is 1. The molecule has 162 valence electrons. The first-order valence-electron chi connectivity index (χ1n) is 7.96. The second kappa shape index (κ2) is 8.13. The number of thioether (sulfide) groups is 1. The molecule has 0 saturated heterocycles. The maximum atomic E-state index is 12.1. The molecule has 3 unspecified atom stereocenters. The van der Waals surface area contributed by atoms with Crippen molar-refractivity contribution in [1.82, 2.24) is 0 Å². The minimum absolute atomic E-state index is 0.0486. The normalized spacial score (nSPS) is 21.4. The fourth-order valence-corrected chi connectivity index (χ4v) is 8.67. The van der Waals surface area contributed by atoms with Crippen LogP contribution in [0.5, 0.6) is 0 Å². The van der Waals surface area contributed by atoms with Crippen molar-refractivity contribution < 1.29 is 30.0 Å². The van der Waals surface area contributed by atoms with Gasteiger partial charge >= 0.3 is 0 Å². The highest BCUT2D eigenvalue weighted by atomic mass is 32.3. The molecule has 0 radical (unpaired) electrons. The Balaban J connectivity index is 2.46. The lowest BCUT2D eigenvalue weighted by Crippen LogP contribution is -2.41. The molecule has 14 heteroatoms. The first-order valence-corrected chi connectivity index (χ1v) is 15.0. The standard InChI is InChI=1S/C15H20N2O7S5/c1-9(12-16-13(28(3,21)22)14(26-12)29(4,23)24)17(15(18)25)10-5-7-11(8-6-10)27(2,19)20/h5-9,13-14H,1-4H3,(H,18,25)/p-1. The molecule has 1 aliphatic heterocycles. The van der Waals surface area contributed by atoms with Crippen LogP contribution in [-0.4, -0.2) is 70.3 Å². The van der Waals surface area contributed by atoms with Gasteiger partial charge in [-0.05, 0) is 31.2 Å². The van der Waals surface area contributed by atoms with Crippen molar-refractivity contribution in [3.05, 3.63) is 24.3 Å². The van der Waals surface area contributed by atoms with Crippen molar-refractivity contribution in [3.8, 4) is 0 Å². The minimum Gasteiger partial charge on any atom is -0.719 e. The summed E-state index contributed by atoms with van der Waals surface area (Å²) in [6.07, 6.45) is 2.86. The number of hydrogen-bond acceptors (Lipinski definition) is 10. The Morgan fingerprint density at radius 2 is 1.55 bits per heavy atom. The number of aliphatic imine (C=N–C) groups is 1. The Morgan fingerprint density at radius 3 is 1.90 bits per heavy atom. The van der Waals surface area contributed by atoms with Gasteiger partial charge in [0.05, 0.1) is 16.0 Å². The Labute approximate surface area is 180 Å². The van der Waals surface area contributed by atoms with Gasteiger partial charge in [0.2, 0.25) is 0 Å². The van der Waals surface area contributed by atoms with Crippen molar-refractivity contribution in [2.45, 2.75) is 27.8 Å². The molecular formula is C15H19N2O7S5-. The lowest BCUT2D eigenvalue weighted by atomic mass is 10.2. The van der Waals surface area contributed by atoms with Crippen LogP contribution in [0.25, 0.3) is 0 Å². The molecule has 1 aromatic carbocycles. The first-order chi connectivity index (χ1) is 13.0. The average molecular weight is 500 g/mol. The summed E-state index contributed by atoms with van der Waals surface area (Å²) < 4.78 is 70.0. The van der Waals surface area contributed by atoms with E-state index in [4.69, 9.17) is 12.6 Å². The van der Waals surface area contributed by atoms with Crippen LogP contribution >= 0.6 is 11.8 Å². The number of anilines is 1. The summed E-state index contributed by atoms with van der Waals surface area (Å²) in [4.78, 5) is 17.3. The number of carbonyl (C=O) groups is 1. The first kappa shape index (κ1) is 24.1. The van der Waals surface area contributed by atoms with Gasteiger partial charge in [0.1, 0.15) is 9.82 Å². The minimum atomic E-state index is -3.82. The van der Waals surface area contributed by atoms with Crippen molar-refractivity contribution in [1.29, 1.82) is 0 Å². The molecule has 2 rings (SSSR count). The van der Waals surface area contributed by atoms with Crippen molar-refractivity contribution in [3.63, 3.8) is 0 Å². The van der Waals surface area contributed by atoms with E-state index in [9.17, 15) is 30.0 Å². The SMILES string of the molecule is CC(C1=NC(S(C)(=O)=O)C(S(C)(=O)=O)S1)N(C(=O)[S-])c1ccc(S(C)(=O)=O)cc1. The van der Waals surface area contributed by atoms with E-state index in [1.54, 1.807) is 0 Å². The maximum Gasteiger partial charge on any atom is 0.178 e. The summed E-state index contributed by atoms with van der Waals surface area (Å²) in [5.41, 5.74) is 0.270. The van der Waals surface area contributed by atoms with Crippen molar-refractivity contribution in [2.75, 3.05) is 23.7 Å². The molecule has 0 N–H and O–H groups in total. The van der Waals surface area contributed by atoms with Gasteiger partial charge in [-0.1, -0.05) is 11.8 Å². The van der Waals surface area contributed by atoms with E-state index in [0.29, 0.717) is 0 Å². The summed E-state index contributed by atoms with van der Waals surface area (Å²) in [6, 6.07) is 4.54. The lowest BCUT2D eigenvalue weighted by Gasteiger charge is -2.32. The van der Waals surface area contributed by atoms with Crippen LogP contribution in [0.1, 0.15) is 6.92 Å². The zero-order valence-electron chi connectivity index (χ0n) is 15.8. The quantitative estimate of drug-likeness (QED) is 0.522. The van der Waals surface area contributed by atoms with Crippen LogP contribution in [0.3, 0.4) is 0 Å². The Morgan fingerprint density at radius 1 is 1.03 bits per heavy atom. The zero-order valence-corrected chi connectivity index (χ0v) is 19.9. The molecule has 0 saturated carbocycles. The number of carbonyl (C=O) groups excluding carboxylic acids is 1. The van der Waals surface area contributed by atoms with Crippen LogP contribution in [0.2, 0.25) is 0 Å². The van der Waals surface area contributed by atoms with Gasteiger partial charge < -0.3 is 22.3 Å².